The molecule has 1 fully saturated rings. The van der Waals surface area contributed by atoms with Crippen LogP contribution in [0.4, 0.5) is 4.79 Å². The van der Waals surface area contributed by atoms with Crippen LogP contribution in [-0.2, 0) is 22.6 Å². The number of carbonyl (C=O) groups is 2. The highest BCUT2D eigenvalue weighted by Crippen LogP contribution is 2.17. The summed E-state index contributed by atoms with van der Waals surface area (Å²) < 4.78 is 11.3. The van der Waals surface area contributed by atoms with E-state index >= 15 is 0 Å². The molecule has 3 rings (SSSR count). The van der Waals surface area contributed by atoms with E-state index in [9.17, 15) is 9.59 Å². The van der Waals surface area contributed by atoms with Crippen molar-refractivity contribution >= 4 is 12.0 Å². The van der Waals surface area contributed by atoms with Gasteiger partial charge in [0.2, 0.25) is 5.91 Å². The van der Waals surface area contributed by atoms with Crippen molar-refractivity contribution in [2.75, 3.05) is 26.2 Å². The number of nitrogens with one attached hydrogen (secondary N) is 2. The van der Waals surface area contributed by atoms with Crippen molar-refractivity contribution < 1.29 is 20.5 Å². The van der Waals surface area contributed by atoms with Crippen molar-refractivity contribution in [1.29, 1.82) is 0 Å². The third-order valence-electron chi connectivity index (χ3n) is 5.25. The summed E-state index contributed by atoms with van der Waals surface area (Å²) in [5, 5.41) is 6.10. The summed E-state index contributed by atoms with van der Waals surface area (Å²) in [6.07, 6.45) is 0.677. The molecule has 1 saturated heterocycles. The number of hydrogen-bond donors (Lipinski definition) is 2. The fourth-order valence-corrected chi connectivity index (χ4v) is 3.63. The predicted octanol–water partition coefficient (Wildman–Crippen LogP) is 3.77. The topological polar surface area (TPSA) is 79.9 Å². The molecule has 33 heavy (non-hydrogen) atoms. The van der Waals surface area contributed by atoms with E-state index in [4.69, 9.17) is 9.47 Å². The Morgan fingerprint density at radius 3 is 2.45 bits per heavy atom. The zero-order valence-corrected chi connectivity index (χ0v) is 19.8. The lowest BCUT2D eigenvalue weighted by atomic mass is 10.0. The number of ether oxygens (including phenoxy) is 2. The second-order valence-corrected chi connectivity index (χ2v) is 9.25. The minimum Gasteiger partial charge on any atom is -0.489 e. The van der Waals surface area contributed by atoms with Gasteiger partial charge in [0.15, 0.2) is 0 Å². The molecule has 2 aromatic rings. The molecular formula is C26H37N3O4. The van der Waals surface area contributed by atoms with E-state index in [1.54, 1.807) is 20.8 Å². The number of carbonyl (C=O) groups excluding carboxylic acids is 2. The van der Waals surface area contributed by atoms with Gasteiger partial charge in [-0.1, -0.05) is 42.5 Å². The molecule has 0 saturated carbocycles. The van der Waals surface area contributed by atoms with Crippen molar-refractivity contribution in [2.24, 2.45) is 0 Å². The Balaban J connectivity index is 0.00000408. The summed E-state index contributed by atoms with van der Waals surface area (Å²) in [7, 11) is 0. The van der Waals surface area contributed by atoms with E-state index in [0.717, 1.165) is 36.4 Å². The summed E-state index contributed by atoms with van der Waals surface area (Å²) >= 11 is 0. The van der Waals surface area contributed by atoms with Crippen molar-refractivity contribution in [3.05, 3.63) is 65.7 Å². The zero-order valence-electron chi connectivity index (χ0n) is 19.8. The monoisotopic (exact) mass is 455 g/mol. The predicted molar refractivity (Wildman–Crippen MR) is 130 cm³/mol. The van der Waals surface area contributed by atoms with Crippen LogP contribution in [0, 0.1) is 0 Å². The van der Waals surface area contributed by atoms with Crippen LogP contribution in [0.2, 0.25) is 0 Å². The number of amides is 2. The molecule has 180 valence electrons. The normalized spacial score (nSPS) is 15.3. The lowest BCUT2D eigenvalue weighted by molar-refractivity contribution is -0.133. The summed E-state index contributed by atoms with van der Waals surface area (Å²) in [5.41, 5.74) is 1.40. The first-order chi connectivity index (χ1) is 15.8. The van der Waals surface area contributed by atoms with E-state index in [1.807, 2.05) is 59.5 Å². The van der Waals surface area contributed by atoms with Crippen LogP contribution < -0.4 is 15.4 Å². The maximum absolute atomic E-state index is 13.3. The second-order valence-electron chi connectivity index (χ2n) is 9.25. The van der Waals surface area contributed by atoms with Crippen molar-refractivity contribution in [3.8, 4) is 5.75 Å². The highest BCUT2D eigenvalue weighted by atomic mass is 16.6. The Morgan fingerprint density at radius 2 is 1.76 bits per heavy atom. The van der Waals surface area contributed by atoms with Gasteiger partial charge in [0.1, 0.15) is 24.0 Å². The van der Waals surface area contributed by atoms with Gasteiger partial charge in [-0.2, -0.15) is 0 Å². The lowest BCUT2D eigenvalue weighted by Gasteiger charge is -2.28. The molecule has 1 aliphatic rings. The molecular weight excluding hydrogens is 418 g/mol. The molecule has 0 unspecified atom stereocenters. The van der Waals surface area contributed by atoms with Crippen molar-refractivity contribution in [1.82, 2.24) is 15.5 Å². The molecule has 7 nitrogen and oxygen atoms in total. The van der Waals surface area contributed by atoms with Gasteiger partial charge >= 0.3 is 6.09 Å². The number of benzene rings is 2. The standard InChI is InChI=1S/C26H35N3O4.H2/c1-26(2,3)33-25(31)28-23(24(30)29-16-7-14-27-15-17-29)18-20-10-12-22(13-11-20)32-19-21-8-5-4-6-9-21;/h4-6,8-13,23,27H,7,14-19H2,1-3H3,(H,28,31);1H/t23-;/m0./s1. The molecule has 0 aromatic heterocycles. The average Bonchev–Trinajstić information content (AvgIpc) is 3.07. The largest absolute Gasteiger partial charge is 0.489 e. The Kier molecular flexibility index (Phi) is 8.72. The third-order valence-corrected chi connectivity index (χ3v) is 5.25. The highest BCUT2D eigenvalue weighted by Gasteiger charge is 2.28. The number of rotatable bonds is 7. The maximum Gasteiger partial charge on any atom is 0.408 e. The first-order valence-electron chi connectivity index (χ1n) is 11.5. The van der Waals surface area contributed by atoms with Crippen LogP contribution in [0.5, 0.6) is 5.75 Å². The molecule has 2 aromatic carbocycles. The van der Waals surface area contributed by atoms with E-state index in [0.29, 0.717) is 26.1 Å². The second kappa shape index (κ2) is 11.7. The van der Waals surface area contributed by atoms with Crippen LogP contribution in [0.3, 0.4) is 0 Å². The van der Waals surface area contributed by atoms with E-state index in [2.05, 4.69) is 10.6 Å². The van der Waals surface area contributed by atoms with Crippen LogP contribution >= 0.6 is 0 Å². The summed E-state index contributed by atoms with van der Waals surface area (Å²) in [6, 6.07) is 16.9. The fraction of sp³-hybridized carbons (Fsp3) is 0.462. The Labute approximate surface area is 197 Å². The minimum absolute atomic E-state index is 0. The Bertz CT molecular complexity index is 893. The molecule has 2 N–H and O–H groups in total. The van der Waals surface area contributed by atoms with Gasteiger partial charge in [-0.25, -0.2) is 4.79 Å². The van der Waals surface area contributed by atoms with Gasteiger partial charge in [-0.3, -0.25) is 4.79 Å². The Morgan fingerprint density at radius 1 is 1.03 bits per heavy atom. The van der Waals surface area contributed by atoms with Gasteiger partial charge < -0.3 is 25.0 Å². The zero-order chi connectivity index (χ0) is 23.7. The van der Waals surface area contributed by atoms with Crippen LogP contribution in [0.15, 0.2) is 54.6 Å². The van der Waals surface area contributed by atoms with Crippen LogP contribution in [-0.4, -0.2) is 54.7 Å². The van der Waals surface area contributed by atoms with Gasteiger partial charge in [0, 0.05) is 27.5 Å². The maximum atomic E-state index is 13.3. The molecule has 0 radical (unpaired) electrons. The van der Waals surface area contributed by atoms with Crippen LogP contribution in [0.25, 0.3) is 0 Å². The fourth-order valence-electron chi connectivity index (χ4n) is 3.63. The number of hydrogen-bond acceptors (Lipinski definition) is 5. The molecule has 1 atom stereocenters. The highest BCUT2D eigenvalue weighted by molar-refractivity contribution is 5.86. The smallest absolute Gasteiger partial charge is 0.408 e. The van der Waals surface area contributed by atoms with E-state index < -0.39 is 17.7 Å². The SMILES string of the molecule is CC(C)(C)OC(=O)N[C@@H](Cc1ccc(OCc2ccccc2)cc1)C(=O)N1CCCNCC1.[HH]. The van der Waals surface area contributed by atoms with Crippen molar-refractivity contribution in [3.63, 3.8) is 0 Å². The van der Waals surface area contributed by atoms with Gasteiger partial charge in [-0.05, 0) is 57.0 Å². The molecule has 7 heteroatoms. The van der Waals surface area contributed by atoms with Gasteiger partial charge in [0.05, 0.1) is 0 Å². The summed E-state index contributed by atoms with van der Waals surface area (Å²) in [5.74, 6) is 0.665. The summed E-state index contributed by atoms with van der Waals surface area (Å²) in [6.45, 7) is 8.83. The lowest BCUT2D eigenvalue weighted by Crippen LogP contribution is -2.51. The first kappa shape index (κ1) is 24.6. The molecule has 2 amide bonds. The van der Waals surface area contributed by atoms with Gasteiger partial charge in [0.25, 0.3) is 0 Å². The molecule has 0 spiro atoms. The van der Waals surface area contributed by atoms with Crippen molar-refractivity contribution in [2.45, 2.75) is 51.9 Å². The quantitative estimate of drug-likeness (QED) is 0.664. The summed E-state index contributed by atoms with van der Waals surface area (Å²) in [4.78, 5) is 27.6. The number of alkyl carbamates (subject to hydrolysis) is 1. The molecule has 1 heterocycles. The molecule has 1 aliphatic heterocycles. The molecule has 0 bridgehead atoms. The first-order valence-corrected chi connectivity index (χ1v) is 11.5. The molecule has 0 aliphatic carbocycles. The van der Waals surface area contributed by atoms with E-state index in [-0.39, 0.29) is 7.33 Å². The van der Waals surface area contributed by atoms with Gasteiger partial charge in [-0.15, -0.1) is 0 Å². The average molecular weight is 456 g/mol. The van der Waals surface area contributed by atoms with Crippen LogP contribution in [0.1, 0.15) is 39.7 Å². The Hall–Kier alpha value is -3.06. The third kappa shape index (κ3) is 8.42. The van der Waals surface area contributed by atoms with E-state index in [1.165, 1.54) is 0 Å². The number of nitrogens with zero attached hydrogens (tertiary/aromatic N) is 1. The minimum atomic E-state index is -0.700.